The maximum absolute atomic E-state index is 10.7. The summed E-state index contributed by atoms with van der Waals surface area (Å²) in [4.78, 5) is 22.1. The number of hydrogen-bond acceptors (Lipinski definition) is 4. The minimum absolute atomic E-state index is 0.00655. The van der Waals surface area contributed by atoms with Crippen LogP contribution in [-0.2, 0) is 4.79 Å². The number of H-pyrrole nitrogens is 1. The highest BCUT2D eigenvalue weighted by atomic mass is 16.4. The molecule has 2 heterocycles. The molecule has 82 valence electrons. The Kier molecular flexibility index (Phi) is 1.68. The largest absolute Gasteiger partial charge is 0.481 e. The lowest BCUT2D eigenvalue weighted by Gasteiger charge is -1.89. The number of nitrogens with zero attached hydrogens (tertiary/aromatic N) is 2. The van der Waals surface area contributed by atoms with Crippen LogP contribution >= 0.6 is 0 Å². The predicted molar refractivity (Wildman–Crippen MR) is 56.8 cm³/mol. The Morgan fingerprint density at radius 3 is 3.00 bits per heavy atom. The van der Waals surface area contributed by atoms with E-state index < -0.39 is 5.97 Å². The molecule has 1 aliphatic carbocycles. The monoisotopic (exact) mass is 218 g/mol. The van der Waals surface area contributed by atoms with E-state index in [1.807, 2.05) is 0 Å². The summed E-state index contributed by atoms with van der Waals surface area (Å²) in [5.41, 5.74) is 6.88. The van der Waals surface area contributed by atoms with Crippen LogP contribution in [-0.4, -0.2) is 26.0 Å². The molecule has 0 radical (unpaired) electrons. The highest BCUT2D eigenvalue weighted by molar-refractivity contribution is 5.76. The third-order valence-corrected chi connectivity index (χ3v) is 2.84. The number of nitrogens with one attached hydrogen (secondary N) is 1. The number of nitrogen functional groups attached to an aromatic ring is 1. The second kappa shape index (κ2) is 2.94. The minimum atomic E-state index is -0.766. The minimum Gasteiger partial charge on any atom is -0.481 e. The molecule has 0 saturated heterocycles. The number of aromatic nitrogens is 3. The van der Waals surface area contributed by atoms with Crippen molar-refractivity contribution in [2.75, 3.05) is 5.73 Å². The molecule has 6 nitrogen and oxygen atoms in total. The van der Waals surface area contributed by atoms with Crippen LogP contribution in [0.5, 0.6) is 0 Å². The third-order valence-electron chi connectivity index (χ3n) is 2.84. The zero-order chi connectivity index (χ0) is 11.3. The first-order valence-corrected chi connectivity index (χ1v) is 5.00. The zero-order valence-corrected chi connectivity index (χ0v) is 8.34. The van der Waals surface area contributed by atoms with Crippen LogP contribution in [0.3, 0.4) is 0 Å². The van der Waals surface area contributed by atoms with E-state index in [-0.39, 0.29) is 11.8 Å². The Bertz CT molecular complexity index is 577. The molecule has 2 aromatic heterocycles. The lowest BCUT2D eigenvalue weighted by molar-refractivity contribution is -0.138. The maximum Gasteiger partial charge on any atom is 0.307 e. The molecule has 6 heteroatoms. The van der Waals surface area contributed by atoms with Crippen LogP contribution in [0.2, 0.25) is 0 Å². The molecule has 1 fully saturated rings. The van der Waals surface area contributed by atoms with Gasteiger partial charge in [0.05, 0.1) is 11.4 Å². The summed E-state index contributed by atoms with van der Waals surface area (Å²) in [5, 5.41) is 8.83. The standard InChI is InChI=1S/C10H10N4O2/c11-7-2-1-6-9(13-7)14-8(12-6)4-3-5(4)10(15)16/h1-2,4-5H,3H2,(H,15,16)(H3,11,12,13,14). The molecule has 16 heavy (non-hydrogen) atoms. The van der Waals surface area contributed by atoms with Crippen molar-refractivity contribution in [2.24, 2.45) is 5.92 Å². The van der Waals surface area contributed by atoms with E-state index in [0.717, 1.165) is 5.52 Å². The molecule has 2 aromatic rings. The molecule has 0 aliphatic heterocycles. The summed E-state index contributed by atoms with van der Waals surface area (Å²) < 4.78 is 0. The molecule has 2 unspecified atom stereocenters. The van der Waals surface area contributed by atoms with Gasteiger partial charge < -0.3 is 15.8 Å². The number of carboxylic acids is 1. The number of fused-ring (bicyclic) bond motifs is 1. The number of rotatable bonds is 2. The number of carboxylic acid groups (broad SMARTS) is 1. The van der Waals surface area contributed by atoms with Crippen molar-refractivity contribution in [3.05, 3.63) is 18.0 Å². The average Bonchev–Trinajstić information content (AvgIpc) is 2.93. The van der Waals surface area contributed by atoms with E-state index in [0.29, 0.717) is 23.7 Å². The van der Waals surface area contributed by atoms with Crippen LogP contribution in [0, 0.1) is 5.92 Å². The quantitative estimate of drug-likeness (QED) is 0.689. The normalized spacial score (nSPS) is 23.5. The summed E-state index contributed by atoms with van der Waals surface area (Å²) in [6, 6.07) is 3.48. The number of carbonyl (C=O) groups is 1. The SMILES string of the molecule is Nc1ccc2[nH]c(C3CC3C(=O)O)nc2n1. The number of aliphatic carboxylic acids is 1. The average molecular weight is 218 g/mol. The van der Waals surface area contributed by atoms with Crippen LogP contribution in [0.1, 0.15) is 18.2 Å². The lowest BCUT2D eigenvalue weighted by Crippen LogP contribution is -1.99. The van der Waals surface area contributed by atoms with Crippen LogP contribution in [0.4, 0.5) is 5.82 Å². The number of imidazole rings is 1. The molecule has 1 saturated carbocycles. The predicted octanol–water partition coefficient (Wildman–Crippen LogP) is 0.728. The number of nitrogens with two attached hydrogens (primary N) is 1. The van der Waals surface area contributed by atoms with E-state index in [9.17, 15) is 4.79 Å². The van der Waals surface area contributed by atoms with Gasteiger partial charge in [0.25, 0.3) is 0 Å². The Hall–Kier alpha value is -2.11. The maximum atomic E-state index is 10.7. The highest BCUT2D eigenvalue weighted by Gasteiger charge is 2.46. The van der Waals surface area contributed by atoms with Gasteiger partial charge in [-0.25, -0.2) is 9.97 Å². The van der Waals surface area contributed by atoms with Gasteiger partial charge in [0.15, 0.2) is 5.65 Å². The fourth-order valence-electron chi connectivity index (χ4n) is 1.87. The summed E-state index contributed by atoms with van der Waals surface area (Å²) in [5.74, 6) is 0.0281. The topological polar surface area (TPSA) is 105 Å². The Morgan fingerprint density at radius 1 is 1.50 bits per heavy atom. The number of pyridine rings is 1. The van der Waals surface area contributed by atoms with E-state index in [4.69, 9.17) is 10.8 Å². The fourth-order valence-corrected chi connectivity index (χ4v) is 1.87. The van der Waals surface area contributed by atoms with Crippen molar-refractivity contribution in [3.63, 3.8) is 0 Å². The first kappa shape index (κ1) is 9.14. The molecule has 3 rings (SSSR count). The van der Waals surface area contributed by atoms with Gasteiger partial charge in [-0.05, 0) is 18.6 Å². The Balaban J connectivity index is 1.98. The smallest absolute Gasteiger partial charge is 0.307 e. The highest BCUT2D eigenvalue weighted by Crippen LogP contribution is 2.46. The van der Waals surface area contributed by atoms with Crippen LogP contribution < -0.4 is 5.73 Å². The first-order valence-electron chi connectivity index (χ1n) is 5.00. The summed E-state index contributed by atoms with van der Waals surface area (Å²) in [7, 11) is 0. The number of aromatic amines is 1. The van der Waals surface area contributed by atoms with E-state index in [2.05, 4.69) is 15.0 Å². The van der Waals surface area contributed by atoms with Crippen molar-refractivity contribution >= 4 is 23.0 Å². The van der Waals surface area contributed by atoms with Gasteiger partial charge in [-0.2, -0.15) is 0 Å². The molecule has 1 aliphatic rings. The zero-order valence-electron chi connectivity index (χ0n) is 8.34. The number of anilines is 1. The molecule has 0 aromatic carbocycles. The molecule has 0 spiro atoms. The summed E-state index contributed by atoms with van der Waals surface area (Å²) >= 11 is 0. The van der Waals surface area contributed by atoms with Crippen LogP contribution in [0.25, 0.3) is 11.2 Å². The second-order valence-corrected chi connectivity index (χ2v) is 4.02. The molecular formula is C10H10N4O2. The van der Waals surface area contributed by atoms with Gasteiger partial charge in [0.2, 0.25) is 0 Å². The van der Waals surface area contributed by atoms with Gasteiger partial charge in [0.1, 0.15) is 11.6 Å². The van der Waals surface area contributed by atoms with E-state index in [1.54, 1.807) is 12.1 Å². The second-order valence-electron chi connectivity index (χ2n) is 4.02. The van der Waals surface area contributed by atoms with Crippen molar-refractivity contribution in [2.45, 2.75) is 12.3 Å². The lowest BCUT2D eigenvalue weighted by atomic mass is 10.3. The van der Waals surface area contributed by atoms with Gasteiger partial charge in [0, 0.05) is 5.92 Å². The Labute approximate surface area is 90.5 Å². The number of hydrogen-bond donors (Lipinski definition) is 3. The van der Waals surface area contributed by atoms with Gasteiger partial charge in [-0.15, -0.1) is 0 Å². The van der Waals surface area contributed by atoms with Gasteiger partial charge in [-0.1, -0.05) is 0 Å². The molecule has 0 amide bonds. The van der Waals surface area contributed by atoms with E-state index in [1.165, 1.54) is 0 Å². The molecular weight excluding hydrogens is 208 g/mol. The van der Waals surface area contributed by atoms with E-state index >= 15 is 0 Å². The molecule has 4 N–H and O–H groups in total. The van der Waals surface area contributed by atoms with Crippen molar-refractivity contribution in [3.8, 4) is 0 Å². The van der Waals surface area contributed by atoms with Crippen LogP contribution in [0.15, 0.2) is 12.1 Å². The molecule has 2 atom stereocenters. The summed E-state index contributed by atoms with van der Waals surface area (Å²) in [6.45, 7) is 0. The Morgan fingerprint density at radius 2 is 2.31 bits per heavy atom. The van der Waals surface area contributed by atoms with Crippen molar-refractivity contribution < 1.29 is 9.90 Å². The van der Waals surface area contributed by atoms with Crippen molar-refractivity contribution in [1.82, 2.24) is 15.0 Å². The summed E-state index contributed by atoms with van der Waals surface area (Å²) in [6.07, 6.45) is 0.643. The van der Waals surface area contributed by atoms with Crippen molar-refractivity contribution in [1.29, 1.82) is 0 Å². The van der Waals surface area contributed by atoms with Gasteiger partial charge >= 0.3 is 5.97 Å². The fraction of sp³-hybridized carbons (Fsp3) is 0.300. The third kappa shape index (κ3) is 1.30. The van der Waals surface area contributed by atoms with Gasteiger partial charge in [-0.3, -0.25) is 4.79 Å². The first-order chi connectivity index (χ1) is 7.65. The molecule has 0 bridgehead atoms.